The lowest BCUT2D eigenvalue weighted by molar-refractivity contribution is -0.150. The number of likely N-dealkylation sites (tertiary alicyclic amines) is 1. The van der Waals surface area contributed by atoms with Crippen molar-refractivity contribution in [3.05, 3.63) is 29.8 Å². The van der Waals surface area contributed by atoms with Gasteiger partial charge in [0.05, 0.1) is 20.1 Å². The molecule has 20 heavy (non-hydrogen) atoms. The number of hydrogen-bond acceptors (Lipinski definition) is 3. The highest BCUT2D eigenvalue weighted by Crippen LogP contribution is 2.26. The van der Waals surface area contributed by atoms with Crippen LogP contribution in [0.25, 0.3) is 0 Å². The number of ether oxygens (including phenoxy) is 1. The van der Waals surface area contributed by atoms with Gasteiger partial charge in [0.1, 0.15) is 5.75 Å². The average Bonchev–Trinajstić information content (AvgIpc) is 2.83. The quantitative estimate of drug-likeness (QED) is 0.902. The number of carboxylic acids is 1. The number of amides is 1. The highest BCUT2D eigenvalue weighted by molar-refractivity contribution is 5.83. The Kier molecular flexibility index (Phi) is 3.92. The van der Waals surface area contributed by atoms with Crippen molar-refractivity contribution in [3.63, 3.8) is 0 Å². The second-order valence-corrected chi connectivity index (χ2v) is 4.86. The molecule has 0 radical (unpaired) electrons. The normalized spacial score (nSPS) is 21.8. The van der Waals surface area contributed by atoms with E-state index in [0.29, 0.717) is 5.75 Å². The van der Waals surface area contributed by atoms with E-state index in [9.17, 15) is 14.0 Å². The lowest BCUT2D eigenvalue weighted by Crippen LogP contribution is -2.39. The van der Waals surface area contributed by atoms with Crippen LogP contribution in [0.5, 0.6) is 5.75 Å². The van der Waals surface area contributed by atoms with Gasteiger partial charge in [-0.25, -0.2) is 9.18 Å². The smallest absolute Gasteiger partial charge is 0.343 e. The average molecular weight is 281 g/mol. The Morgan fingerprint density at radius 1 is 1.50 bits per heavy atom. The number of methoxy groups -OCH3 is 1. The van der Waals surface area contributed by atoms with Crippen LogP contribution >= 0.6 is 0 Å². The first kappa shape index (κ1) is 14.3. The Morgan fingerprint density at radius 2 is 2.25 bits per heavy atom. The van der Waals surface area contributed by atoms with Gasteiger partial charge in [-0.2, -0.15) is 0 Å². The Balaban J connectivity index is 2.01. The lowest BCUT2D eigenvalue weighted by atomic mass is 10.1. The van der Waals surface area contributed by atoms with Gasteiger partial charge in [0.2, 0.25) is 11.6 Å². The molecule has 1 aromatic rings. The fourth-order valence-electron chi connectivity index (χ4n) is 2.23. The van der Waals surface area contributed by atoms with Gasteiger partial charge in [-0.3, -0.25) is 4.79 Å². The standard InChI is InChI=1S/C14H16FNO4/c1-20-11-4-2-3-10(7-11)8-12(17)16-6-5-14(15,9-16)13(18)19/h2-4,7H,5-6,8-9H2,1H3,(H,18,19). The molecular formula is C14H16FNO4. The summed E-state index contributed by atoms with van der Waals surface area (Å²) in [5.74, 6) is -1.14. The molecule has 1 saturated heterocycles. The number of aliphatic carboxylic acids is 1. The van der Waals surface area contributed by atoms with E-state index in [1.165, 1.54) is 12.0 Å². The zero-order valence-electron chi connectivity index (χ0n) is 11.1. The van der Waals surface area contributed by atoms with E-state index < -0.39 is 11.6 Å². The summed E-state index contributed by atoms with van der Waals surface area (Å²) in [5, 5.41) is 8.80. The van der Waals surface area contributed by atoms with Crippen molar-refractivity contribution in [3.8, 4) is 5.75 Å². The molecule has 1 aliphatic heterocycles. The van der Waals surface area contributed by atoms with Gasteiger partial charge in [0.15, 0.2) is 0 Å². The van der Waals surface area contributed by atoms with Crippen molar-refractivity contribution in [2.75, 3.05) is 20.2 Å². The van der Waals surface area contributed by atoms with E-state index in [2.05, 4.69) is 0 Å². The van der Waals surface area contributed by atoms with Crippen molar-refractivity contribution >= 4 is 11.9 Å². The number of benzene rings is 1. The first-order chi connectivity index (χ1) is 9.44. The van der Waals surface area contributed by atoms with Gasteiger partial charge >= 0.3 is 5.97 Å². The summed E-state index contributed by atoms with van der Waals surface area (Å²) < 4.78 is 19.0. The number of carboxylic acid groups (broad SMARTS) is 1. The van der Waals surface area contributed by atoms with Gasteiger partial charge in [0.25, 0.3) is 0 Å². The molecule has 1 unspecified atom stereocenters. The summed E-state index contributed by atoms with van der Waals surface area (Å²) in [6.45, 7) is -0.253. The van der Waals surface area contributed by atoms with E-state index in [-0.39, 0.29) is 31.8 Å². The molecule has 1 amide bonds. The van der Waals surface area contributed by atoms with E-state index >= 15 is 0 Å². The number of rotatable bonds is 4. The lowest BCUT2D eigenvalue weighted by Gasteiger charge is -2.17. The summed E-state index contributed by atoms with van der Waals surface area (Å²) in [4.78, 5) is 24.1. The Bertz CT molecular complexity index is 534. The first-order valence-corrected chi connectivity index (χ1v) is 6.27. The van der Waals surface area contributed by atoms with Gasteiger partial charge in [-0.05, 0) is 17.7 Å². The third kappa shape index (κ3) is 2.89. The topological polar surface area (TPSA) is 66.8 Å². The third-order valence-corrected chi connectivity index (χ3v) is 3.44. The molecule has 0 bridgehead atoms. The Labute approximate surface area is 116 Å². The third-order valence-electron chi connectivity index (χ3n) is 3.44. The number of carbonyl (C=O) groups is 2. The van der Waals surface area contributed by atoms with Crippen LogP contribution < -0.4 is 4.74 Å². The molecule has 1 heterocycles. The van der Waals surface area contributed by atoms with Crippen molar-refractivity contribution in [1.29, 1.82) is 0 Å². The summed E-state index contributed by atoms with van der Waals surface area (Å²) in [7, 11) is 1.53. The Hall–Kier alpha value is -2.11. The fourth-order valence-corrected chi connectivity index (χ4v) is 2.23. The summed E-state index contributed by atoms with van der Waals surface area (Å²) in [6.07, 6.45) is -0.0565. The van der Waals surface area contributed by atoms with Gasteiger partial charge in [-0.15, -0.1) is 0 Å². The first-order valence-electron chi connectivity index (χ1n) is 6.27. The van der Waals surface area contributed by atoms with Crippen LogP contribution in [0.3, 0.4) is 0 Å². The molecule has 1 aromatic carbocycles. The maximum absolute atomic E-state index is 13.9. The van der Waals surface area contributed by atoms with E-state index in [1.54, 1.807) is 24.3 Å². The summed E-state index contributed by atoms with van der Waals surface area (Å²) in [5.41, 5.74) is -1.56. The molecule has 108 valence electrons. The largest absolute Gasteiger partial charge is 0.497 e. The van der Waals surface area contributed by atoms with Gasteiger partial charge in [0, 0.05) is 13.0 Å². The monoisotopic (exact) mass is 281 g/mol. The maximum atomic E-state index is 13.9. The van der Waals surface area contributed by atoms with E-state index in [1.807, 2.05) is 0 Å². The van der Waals surface area contributed by atoms with Crippen LogP contribution in [0.2, 0.25) is 0 Å². The summed E-state index contributed by atoms with van der Waals surface area (Å²) in [6, 6.07) is 7.03. The zero-order chi connectivity index (χ0) is 14.8. The van der Waals surface area contributed by atoms with Crippen LogP contribution in [0.4, 0.5) is 4.39 Å². The highest BCUT2D eigenvalue weighted by atomic mass is 19.1. The summed E-state index contributed by atoms with van der Waals surface area (Å²) >= 11 is 0. The number of hydrogen-bond donors (Lipinski definition) is 1. The zero-order valence-corrected chi connectivity index (χ0v) is 11.1. The minimum absolute atomic E-state index is 0.104. The number of nitrogens with zero attached hydrogens (tertiary/aromatic N) is 1. The van der Waals surface area contributed by atoms with Crippen LogP contribution in [-0.4, -0.2) is 47.8 Å². The predicted molar refractivity (Wildman–Crippen MR) is 69.4 cm³/mol. The molecule has 1 aliphatic rings. The number of halogens is 1. The predicted octanol–water partition coefficient (Wildman–Crippen LogP) is 1.26. The van der Waals surface area contributed by atoms with Crippen LogP contribution in [0.15, 0.2) is 24.3 Å². The van der Waals surface area contributed by atoms with Crippen LogP contribution in [-0.2, 0) is 16.0 Å². The molecule has 1 N–H and O–H groups in total. The molecule has 1 atom stereocenters. The molecule has 1 fully saturated rings. The van der Waals surface area contributed by atoms with E-state index in [0.717, 1.165) is 5.56 Å². The van der Waals surface area contributed by atoms with Crippen molar-refractivity contribution in [2.45, 2.75) is 18.5 Å². The minimum atomic E-state index is -2.32. The van der Waals surface area contributed by atoms with Gasteiger partial charge < -0.3 is 14.7 Å². The molecule has 6 heteroatoms. The maximum Gasteiger partial charge on any atom is 0.343 e. The van der Waals surface area contributed by atoms with Crippen molar-refractivity contribution in [2.24, 2.45) is 0 Å². The second-order valence-electron chi connectivity index (χ2n) is 4.86. The molecule has 0 aliphatic carbocycles. The van der Waals surface area contributed by atoms with Crippen molar-refractivity contribution < 1.29 is 23.8 Å². The molecule has 0 aromatic heterocycles. The van der Waals surface area contributed by atoms with Crippen LogP contribution in [0.1, 0.15) is 12.0 Å². The van der Waals surface area contributed by atoms with Crippen LogP contribution in [0, 0.1) is 0 Å². The molecule has 2 rings (SSSR count). The van der Waals surface area contributed by atoms with E-state index in [4.69, 9.17) is 9.84 Å². The molecular weight excluding hydrogens is 265 g/mol. The second kappa shape index (κ2) is 5.48. The molecule has 0 spiro atoms. The number of alkyl halides is 1. The minimum Gasteiger partial charge on any atom is -0.497 e. The SMILES string of the molecule is COc1cccc(CC(=O)N2CCC(F)(C(=O)O)C2)c1. The Morgan fingerprint density at radius 3 is 2.85 bits per heavy atom. The fraction of sp³-hybridized carbons (Fsp3) is 0.429. The molecule has 0 saturated carbocycles. The van der Waals surface area contributed by atoms with Gasteiger partial charge in [-0.1, -0.05) is 12.1 Å². The highest BCUT2D eigenvalue weighted by Gasteiger charge is 2.46. The van der Waals surface area contributed by atoms with Crippen molar-refractivity contribution in [1.82, 2.24) is 4.90 Å². The molecule has 5 nitrogen and oxygen atoms in total. The number of carbonyl (C=O) groups excluding carboxylic acids is 1.